The molecule has 1 N–H and O–H groups in total. The number of para-hydroxylation sites is 2. The van der Waals surface area contributed by atoms with Gasteiger partial charge in [0, 0.05) is 6.42 Å². The van der Waals surface area contributed by atoms with Crippen LogP contribution in [-0.4, -0.2) is 25.7 Å². The highest BCUT2D eigenvalue weighted by molar-refractivity contribution is 5.76. The molecule has 0 bridgehead atoms. The number of allylic oxidation sites excluding steroid dienone is 2. The molecule has 0 aromatic heterocycles. The van der Waals surface area contributed by atoms with Crippen LogP contribution in [0, 0.1) is 5.92 Å². The first kappa shape index (κ1) is 15.4. The Morgan fingerprint density at radius 2 is 2.14 bits per heavy atom. The van der Waals surface area contributed by atoms with Crippen LogP contribution in [0.1, 0.15) is 26.2 Å². The summed E-state index contributed by atoms with van der Waals surface area (Å²) in [6, 6.07) is 7.51. The van der Waals surface area contributed by atoms with E-state index in [9.17, 15) is 4.79 Å². The molecule has 0 radical (unpaired) electrons. The zero-order valence-electron chi connectivity index (χ0n) is 12.7. The van der Waals surface area contributed by atoms with E-state index in [2.05, 4.69) is 17.5 Å². The van der Waals surface area contributed by atoms with Gasteiger partial charge in [-0.25, -0.2) is 0 Å². The number of amides is 1. The maximum atomic E-state index is 11.9. The van der Waals surface area contributed by atoms with Gasteiger partial charge in [-0.3, -0.25) is 4.79 Å². The summed E-state index contributed by atoms with van der Waals surface area (Å²) in [4.78, 5) is 11.9. The number of hydrogen-bond donors (Lipinski definition) is 1. The van der Waals surface area contributed by atoms with E-state index in [4.69, 9.17) is 9.47 Å². The molecule has 4 heteroatoms. The SMILES string of the molecule is COc1ccccc1O[C@@H](C)CNC(=O)C[C@@H]1C=CCC1. The van der Waals surface area contributed by atoms with Crippen LogP contribution in [0.4, 0.5) is 0 Å². The monoisotopic (exact) mass is 289 g/mol. The van der Waals surface area contributed by atoms with Gasteiger partial charge in [-0.05, 0) is 37.8 Å². The summed E-state index contributed by atoms with van der Waals surface area (Å²) in [5, 5.41) is 2.93. The van der Waals surface area contributed by atoms with Crippen LogP contribution >= 0.6 is 0 Å². The minimum atomic E-state index is -0.107. The van der Waals surface area contributed by atoms with E-state index in [-0.39, 0.29) is 12.0 Å². The van der Waals surface area contributed by atoms with Gasteiger partial charge in [-0.1, -0.05) is 24.3 Å². The fraction of sp³-hybridized carbons (Fsp3) is 0.471. The minimum Gasteiger partial charge on any atom is -0.493 e. The third kappa shape index (κ3) is 4.81. The van der Waals surface area contributed by atoms with Crippen molar-refractivity contribution in [3.63, 3.8) is 0 Å². The second-order valence-corrected chi connectivity index (χ2v) is 5.35. The van der Waals surface area contributed by atoms with E-state index in [1.807, 2.05) is 31.2 Å². The van der Waals surface area contributed by atoms with Crippen LogP contribution in [0.15, 0.2) is 36.4 Å². The molecule has 0 saturated carbocycles. The number of carbonyl (C=O) groups excluding carboxylic acids is 1. The summed E-state index contributed by atoms with van der Waals surface area (Å²) in [7, 11) is 1.61. The molecule has 0 saturated heterocycles. The van der Waals surface area contributed by atoms with Crippen LogP contribution in [0.5, 0.6) is 11.5 Å². The summed E-state index contributed by atoms with van der Waals surface area (Å²) in [6.07, 6.45) is 6.91. The van der Waals surface area contributed by atoms with Crippen LogP contribution in [0.3, 0.4) is 0 Å². The van der Waals surface area contributed by atoms with Crippen molar-refractivity contribution in [2.75, 3.05) is 13.7 Å². The molecular formula is C17H23NO3. The van der Waals surface area contributed by atoms with Crippen molar-refractivity contribution in [2.45, 2.75) is 32.3 Å². The van der Waals surface area contributed by atoms with Gasteiger partial charge in [-0.2, -0.15) is 0 Å². The Labute approximate surface area is 126 Å². The molecule has 21 heavy (non-hydrogen) atoms. The fourth-order valence-electron chi connectivity index (χ4n) is 2.41. The third-order valence-corrected chi connectivity index (χ3v) is 3.54. The van der Waals surface area contributed by atoms with Crippen molar-refractivity contribution in [1.29, 1.82) is 0 Å². The number of ether oxygens (including phenoxy) is 2. The topological polar surface area (TPSA) is 47.6 Å². The summed E-state index contributed by atoms with van der Waals surface area (Å²) >= 11 is 0. The Balaban J connectivity index is 1.75. The van der Waals surface area contributed by atoms with Gasteiger partial charge in [0.05, 0.1) is 13.7 Å². The van der Waals surface area contributed by atoms with Crippen molar-refractivity contribution in [1.82, 2.24) is 5.32 Å². The molecular weight excluding hydrogens is 266 g/mol. The molecule has 1 aliphatic carbocycles. The lowest BCUT2D eigenvalue weighted by Crippen LogP contribution is -2.34. The second-order valence-electron chi connectivity index (χ2n) is 5.35. The van der Waals surface area contributed by atoms with Crippen molar-refractivity contribution in [3.05, 3.63) is 36.4 Å². The lowest BCUT2D eigenvalue weighted by molar-refractivity contribution is -0.122. The molecule has 0 fully saturated rings. The van der Waals surface area contributed by atoms with E-state index in [1.165, 1.54) is 0 Å². The normalized spacial score (nSPS) is 18.3. The summed E-state index contributed by atoms with van der Waals surface area (Å²) in [5.74, 6) is 1.88. The first-order valence-electron chi connectivity index (χ1n) is 7.42. The summed E-state index contributed by atoms with van der Waals surface area (Å²) in [6.45, 7) is 2.43. The van der Waals surface area contributed by atoms with Gasteiger partial charge in [0.1, 0.15) is 6.10 Å². The average Bonchev–Trinajstić information content (AvgIpc) is 2.98. The Bertz CT molecular complexity index is 499. The van der Waals surface area contributed by atoms with Crippen LogP contribution in [-0.2, 0) is 4.79 Å². The van der Waals surface area contributed by atoms with E-state index in [0.29, 0.717) is 30.4 Å². The molecule has 1 aliphatic rings. The molecule has 0 aliphatic heterocycles. The third-order valence-electron chi connectivity index (χ3n) is 3.54. The maximum Gasteiger partial charge on any atom is 0.220 e. The predicted molar refractivity (Wildman–Crippen MR) is 82.6 cm³/mol. The van der Waals surface area contributed by atoms with Gasteiger partial charge in [0.2, 0.25) is 5.91 Å². The van der Waals surface area contributed by atoms with Gasteiger partial charge in [-0.15, -0.1) is 0 Å². The van der Waals surface area contributed by atoms with E-state index in [0.717, 1.165) is 12.8 Å². The number of benzene rings is 1. The Morgan fingerprint density at radius 3 is 2.81 bits per heavy atom. The zero-order valence-corrected chi connectivity index (χ0v) is 12.7. The van der Waals surface area contributed by atoms with E-state index < -0.39 is 0 Å². The summed E-state index contributed by atoms with van der Waals surface area (Å²) < 4.78 is 11.0. The molecule has 1 aromatic carbocycles. The van der Waals surface area contributed by atoms with Gasteiger partial charge in [0.25, 0.3) is 0 Å². The highest BCUT2D eigenvalue weighted by atomic mass is 16.5. The number of nitrogens with one attached hydrogen (secondary N) is 1. The van der Waals surface area contributed by atoms with Gasteiger partial charge in [0.15, 0.2) is 11.5 Å². The zero-order chi connectivity index (χ0) is 15.1. The lowest BCUT2D eigenvalue weighted by atomic mass is 10.1. The smallest absolute Gasteiger partial charge is 0.220 e. The molecule has 114 valence electrons. The van der Waals surface area contributed by atoms with Crippen molar-refractivity contribution < 1.29 is 14.3 Å². The largest absolute Gasteiger partial charge is 0.493 e. The van der Waals surface area contributed by atoms with Crippen molar-refractivity contribution in [3.8, 4) is 11.5 Å². The van der Waals surface area contributed by atoms with Crippen molar-refractivity contribution >= 4 is 5.91 Å². The second kappa shape index (κ2) is 7.72. The van der Waals surface area contributed by atoms with Crippen LogP contribution in [0.25, 0.3) is 0 Å². The van der Waals surface area contributed by atoms with E-state index in [1.54, 1.807) is 7.11 Å². The number of carbonyl (C=O) groups is 1. The lowest BCUT2D eigenvalue weighted by Gasteiger charge is -2.17. The quantitative estimate of drug-likeness (QED) is 0.785. The molecule has 0 unspecified atom stereocenters. The van der Waals surface area contributed by atoms with E-state index >= 15 is 0 Å². The summed E-state index contributed by atoms with van der Waals surface area (Å²) in [5.41, 5.74) is 0. The first-order chi connectivity index (χ1) is 10.2. The molecule has 0 spiro atoms. The Kier molecular flexibility index (Phi) is 5.67. The molecule has 1 amide bonds. The van der Waals surface area contributed by atoms with Crippen LogP contribution < -0.4 is 14.8 Å². The number of methoxy groups -OCH3 is 1. The first-order valence-corrected chi connectivity index (χ1v) is 7.42. The van der Waals surface area contributed by atoms with Gasteiger partial charge >= 0.3 is 0 Å². The number of hydrogen-bond acceptors (Lipinski definition) is 3. The molecule has 1 aromatic rings. The molecule has 2 atom stereocenters. The molecule has 4 nitrogen and oxygen atoms in total. The molecule has 0 heterocycles. The van der Waals surface area contributed by atoms with Crippen LogP contribution in [0.2, 0.25) is 0 Å². The highest BCUT2D eigenvalue weighted by Crippen LogP contribution is 2.26. The molecule has 2 rings (SSSR count). The van der Waals surface area contributed by atoms with Gasteiger partial charge < -0.3 is 14.8 Å². The minimum absolute atomic E-state index is 0.0852. The maximum absolute atomic E-state index is 11.9. The standard InChI is InChI=1S/C17H23NO3/c1-13(21-16-10-6-5-9-15(16)20-2)12-18-17(19)11-14-7-3-4-8-14/h3,5-7,9-10,13-14H,4,8,11-12H2,1-2H3,(H,18,19)/t13-,14+/m0/s1. The predicted octanol–water partition coefficient (Wildman–Crippen LogP) is 2.94. The fourth-order valence-corrected chi connectivity index (χ4v) is 2.41. The Morgan fingerprint density at radius 1 is 1.38 bits per heavy atom. The highest BCUT2D eigenvalue weighted by Gasteiger charge is 2.15. The number of rotatable bonds is 7. The van der Waals surface area contributed by atoms with Crippen molar-refractivity contribution in [2.24, 2.45) is 5.92 Å². The average molecular weight is 289 g/mol. The Hall–Kier alpha value is -1.97.